The molecule has 2 heterocycles. The Hall–Kier alpha value is -1.56. The van der Waals surface area contributed by atoms with Crippen molar-refractivity contribution in [1.29, 1.82) is 0 Å². The molecule has 1 unspecified atom stereocenters. The summed E-state index contributed by atoms with van der Waals surface area (Å²) in [6.07, 6.45) is 0.591. The Kier molecular flexibility index (Phi) is 3.30. The number of hydrogen-bond acceptors (Lipinski definition) is 3. The zero-order chi connectivity index (χ0) is 13.4. The van der Waals surface area contributed by atoms with Gasteiger partial charge in [-0.25, -0.2) is 4.98 Å². The van der Waals surface area contributed by atoms with Crippen molar-refractivity contribution >= 4 is 28.7 Å². The average Bonchev–Trinajstić information content (AvgIpc) is 2.78. The number of nitrogens with two attached hydrogens (primary N) is 1. The van der Waals surface area contributed by atoms with Gasteiger partial charge in [0, 0.05) is 19.3 Å². The SMILES string of the molecule is Cc1nn(C)c2c1nc(CCCl)n2C(C)C(N)=O. The number of amides is 1. The smallest absolute Gasteiger partial charge is 0.240 e. The number of aryl methyl sites for hydroxylation is 3. The van der Waals surface area contributed by atoms with Crippen LogP contribution in [-0.2, 0) is 18.3 Å². The summed E-state index contributed by atoms with van der Waals surface area (Å²) in [6.45, 7) is 3.64. The first-order chi connectivity index (χ1) is 8.47. The van der Waals surface area contributed by atoms with Gasteiger partial charge in [0.2, 0.25) is 5.91 Å². The van der Waals surface area contributed by atoms with Crippen molar-refractivity contribution in [2.75, 3.05) is 5.88 Å². The van der Waals surface area contributed by atoms with Gasteiger partial charge in [-0.2, -0.15) is 5.10 Å². The molecule has 2 aromatic heterocycles. The van der Waals surface area contributed by atoms with Crippen LogP contribution in [-0.4, -0.2) is 31.1 Å². The van der Waals surface area contributed by atoms with Gasteiger partial charge in [-0.1, -0.05) is 0 Å². The Morgan fingerprint density at radius 2 is 2.22 bits per heavy atom. The predicted octanol–water partition coefficient (Wildman–Crippen LogP) is 0.906. The number of primary amides is 1. The second-order valence-corrected chi connectivity index (χ2v) is 4.67. The topological polar surface area (TPSA) is 78.7 Å². The van der Waals surface area contributed by atoms with Gasteiger partial charge < -0.3 is 10.3 Å². The summed E-state index contributed by atoms with van der Waals surface area (Å²) in [4.78, 5) is 15.9. The van der Waals surface area contributed by atoms with E-state index in [9.17, 15) is 4.79 Å². The van der Waals surface area contributed by atoms with Gasteiger partial charge in [0.05, 0.1) is 5.69 Å². The third kappa shape index (κ3) is 1.86. The molecule has 0 radical (unpaired) electrons. The quantitative estimate of drug-likeness (QED) is 0.838. The molecule has 0 aliphatic carbocycles. The first-order valence-electron chi connectivity index (χ1n) is 5.73. The molecular weight excluding hydrogens is 254 g/mol. The molecule has 0 fully saturated rings. The number of carbonyl (C=O) groups is 1. The summed E-state index contributed by atoms with van der Waals surface area (Å²) in [5.74, 6) is 0.813. The lowest BCUT2D eigenvalue weighted by molar-refractivity contribution is -0.120. The second kappa shape index (κ2) is 4.61. The number of rotatable bonds is 4. The second-order valence-electron chi connectivity index (χ2n) is 4.30. The molecule has 1 atom stereocenters. The van der Waals surface area contributed by atoms with E-state index in [0.29, 0.717) is 12.3 Å². The molecule has 2 aromatic rings. The largest absolute Gasteiger partial charge is 0.368 e. The van der Waals surface area contributed by atoms with Gasteiger partial charge >= 0.3 is 0 Å². The van der Waals surface area contributed by atoms with Crippen LogP contribution in [0.1, 0.15) is 24.5 Å². The van der Waals surface area contributed by atoms with Crippen molar-refractivity contribution < 1.29 is 4.79 Å². The molecule has 6 nitrogen and oxygen atoms in total. The van der Waals surface area contributed by atoms with Crippen LogP contribution in [0.25, 0.3) is 11.2 Å². The number of nitrogens with zero attached hydrogens (tertiary/aromatic N) is 4. The van der Waals surface area contributed by atoms with Crippen LogP contribution in [0.3, 0.4) is 0 Å². The number of carbonyl (C=O) groups excluding carboxylic acids is 1. The molecule has 0 aliphatic heterocycles. The monoisotopic (exact) mass is 269 g/mol. The van der Waals surface area contributed by atoms with Gasteiger partial charge in [-0.3, -0.25) is 9.48 Å². The molecule has 2 rings (SSSR count). The summed E-state index contributed by atoms with van der Waals surface area (Å²) >= 11 is 5.77. The number of alkyl halides is 1. The first-order valence-corrected chi connectivity index (χ1v) is 6.26. The van der Waals surface area contributed by atoms with Crippen LogP contribution < -0.4 is 5.73 Å². The Morgan fingerprint density at radius 1 is 1.56 bits per heavy atom. The van der Waals surface area contributed by atoms with E-state index in [1.165, 1.54) is 0 Å². The molecule has 0 bridgehead atoms. The molecule has 0 aliphatic rings. The van der Waals surface area contributed by atoms with Gasteiger partial charge in [0.1, 0.15) is 17.4 Å². The highest BCUT2D eigenvalue weighted by Gasteiger charge is 2.23. The highest BCUT2D eigenvalue weighted by molar-refractivity contribution is 6.17. The normalized spacial score (nSPS) is 13.1. The molecule has 18 heavy (non-hydrogen) atoms. The van der Waals surface area contributed by atoms with Gasteiger partial charge in [-0.05, 0) is 13.8 Å². The predicted molar refractivity (Wildman–Crippen MR) is 69.6 cm³/mol. The summed E-state index contributed by atoms with van der Waals surface area (Å²) < 4.78 is 3.54. The van der Waals surface area contributed by atoms with Crippen molar-refractivity contribution in [3.8, 4) is 0 Å². The zero-order valence-corrected chi connectivity index (χ0v) is 11.4. The molecule has 2 N–H and O–H groups in total. The molecule has 0 aromatic carbocycles. The minimum atomic E-state index is -0.469. The molecule has 0 saturated carbocycles. The lowest BCUT2D eigenvalue weighted by Gasteiger charge is -2.14. The molecule has 0 spiro atoms. The van der Waals surface area contributed by atoms with Crippen LogP contribution in [0.2, 0.25) is 0 Å². The molecule has 1 amide bonds. The van der Waals surface area contributed by atoms with E-state index in [1.54, 1.807) is 11.6 Å². The van der Waals surface area contributed by atoms with E-state index in [-0.39, 0.29) is 0 Å². The van der Waals surface area contributed by atoms with Gasteiger partial charge in [0.15, 0.2) is 5.65 Å². The maximum atomic E-state index is 11.4. The number of imidazole rings is 1. The van der Waals surface area contributed by atoms with Crippen LogP contribution in [0.5, 0.6) is 0 Å². The maximum absolute atomic E-state index is 11.4. The lowest BCUT2D eigenvalue weighted by atomic mass is 10.3. The Balaban J connectivity index is 2.72. The van der Waals surface area contributed by atoms with Crippen molar-refractivity contribution in [3.63, 3.8) is 0 Å². The summed E-state index contributed by atoms with van der Waals surface area (Å²) in [7, 11) is 1.83. The fourth-order valence-electron chi connectivity index (χ4n) is 2.14. The minimum Gasteiger partial charge on any atom is -0.368 e. The van der Waals surface area contributed by atoms with Crippen LogP contribution >= 0.6 is 11.6 Å². The molecule has 0 saturated heterocycles. The van der Waals surface area contributed by atoms with E-state index >= 15 is 0 Å². The third-order valence-electron chi connectivity index (χ3n) is 3.03. The van der Waals surface area contributed by atoms with Crippen molar-refractivity contribution in [3.05, 3.63) is 11.5 Å². The average molecular weight is 270 g/mol. The van der Waals surface area contributed by atoms with Crippen LogP contribution in [0, 0.1) is 6.92 Å². The summed E-state index contributed by atoms with van der Waals surface area (Å²) in [6, 6.07) is -0.469. The number of hydrogen-bond donors (Lipinski definition) is 1. The van der Waals surface area contributed by atoms with Crippen molar-refractivity contribution in [1.82, 2.24) is 19.3 Å². The van der Waals surface area contributed by atoms with E-state index in [4.69, 9.17) is 17.3 Å². The third-order valence-corrected chi connectivity index (χ3v) is 3.21. The zero-order valence-electron chi connectivity index (χ0n) is 10.6. The van der Waals surface area contributed by atoms with Crippen molar-refractivity contribution in [2.24, 2.45) is 12.8 Å². The van der Waals surface area contributed by atoms with E-state index < -0.39 is 11.9 Å². The van der Waals surface area contributed by atoms with Crippen LogP contribution in [0.4, 0.5) is 0 Å². The number of fused-ring (bicyclic) bond motifs is 1. The summed E-state index contributed by atoms with van der Waals surface area (Å²) in [5.41, 5.74) is 7.82. The Labute approximate surface area is 110 Å². The van der Waals surface area contributed by atoms with Crippen molar-refractivity contribution in [2.45, 2.75) is 26.3 Å². The fourth-order valence-corrected chi connectivity index (χ4v) is 2.30. The van der Waals surface area contributed by atoms with Crippen LogP contribution in [0.15, 0.2) is 0 Å². The van der Waals surface area contributed by atoms with E-state index in [1.807, 2.05) is 18.5 Å². The van der Waals surface area contributed by atoms with E-state index in [0.717, 1.165) is 22.7 Å². The minimum absolute atomic E-state index is 0.399. The first kappa shape index (κ1) is 12.9. The highest BCUT2D eigenvalue weighted by atomic mass is 35.5. The molecule has 7 heteroatoms. The standard InChI is InChI=1S/C11H16ClN5O/c1-6-9-11(16(3)15-6)17(7(2)10(13)18)8(14-9)4-5-12/h7H,4-5H2,1-3H3,(H2,13,18). The lowest BCUT2D eigenvalue weighted by Crippen LogP contribution is -2.26. The highest BCUT2D eigenvalue weighted by Crippen LogP contribution is 2.23. The number of aromatic nitrogens is 4. The van der Waals surface area contributed by atoms with E-state index in [2.05, 4.69) is 10.1 Å². The van der Waals surface area contributed by atoms with Gasteiger partial charge in [-0.15, -0.1) is 11.6 Å². The van der Waals surface area contributed by atoms with Gasteiger partial charge in [0.25, 0.3) is 0 Å². The number of halogens is 1. The Morgan fingerprint density at radius 3 is 2.78 bits per heavy atom. The maximum Gasteiger partial charge on any atom is 0.240 e. The Bertz CT molecular complexity index is 600. The summed E-state index contributed by atoms with van der Waals surface area (Å²) in [5, 5.41) is 4.30. The fraction of sp³-hybridized carbons (Fsp3) is 0.545. The molecular formula is C11H16ClN5O. The molecule has 98 valence electrons.